The minimum Gasteiger partial charge on any atom is -0.467 e. The number of nitrogens with zero attached hydrogens (tertiary/aromatic N) is 1. The largest absolute Gasteiger partial charge is 0.467 e. The maximum absolute atomic E-state index is 12.2. The van der Waals surface area contributed by atoms with Gasteiger partial charge in [-0.3, -0.25) is 0 Å². The van der Waals surface area contributed by atoms with Crippen LogP contribution in [0, 0.1) is 0 Å². The Labute approximate surface area is 127 Å². The third-order valence-corrected chi connectivity index (χ3v) is 4.21. The smallest absolute Gasteiger partial charge is 0.330 e. The first-order valence-electron chi connectivity index (χ1n) is 7.78. The third-order valence-electron chi connectivity index (χ3n) is 4.21. The third kappa shape index (κ3) is 3.83. The predicted molar refractivity (Wildman–Crippen MR) is 83.8 cm³/mol. The molecule has 1 aliphatic carbocycles. The van der Waals surface area contributed by atoms with Crippen LogP contribution in [-0.4, -0.2) is 37.1 Å². The van der Waals surface area contributed by atoms with Crippen molar-refractivity contribution in [2.75, 3.05) is 20.2 Å². The van der Waals surface area contributed by atoms with Crippen LogP contribution in [0.1, 0.15) is 38.2 Å². The Morgan fingerprint density at radius 3 is 2.52 bits per heavy atom. The number of ether oxygens (including phenoxy) is 1. The first-order chi connectivity index (χ1) is 10.1. The van der Waals surface area contributed by atoms with Gasteiger partial charge < -0.3 is 15.4 Å². The van der Waals surface area contributed by atoms with E-state index in [4.69, 9.17) is 10.5 Å². The molecular weight excluding hydrogens is 264 g/mol. The second-order valence-electron chi connectivity index (χ2n) is 5.85. The zero-order chi connectivity index (χ0) is 15.3. The van der Waals surface area contributed by atoms with Crippen LogP contribution in [0.4, 0.5) is 0 Å². The lowest BCUT2D eigenvalue weighted by Gasteiger charge is -2.30. The SMILES string of the molecule is CCCN(CCC(N)(C(=O)OC)c1ccccc1)C1CC1. The van der Waals surface area contributed by atoms with E-state index in [0.29, 0.717) is 12.5 Å². The lowest BCUT2D eigenvalue weighted by Crippen LogP contribution is -2.48. The van der Waals surface area contributed by atoms with Gasteiger partial charge in [-0.05, 0) is 37.8 Å². The van der Waals surface area contributed by atoms with Crippen molar-refractivity contribution in [3.63, 3.8) is 0 Å². The quantitative estimate of drug-likeness (QED) is 0.746. The number of carbonyl (C=O) groups excluding carboxylic acids is 1. The minimum atomic E-state index is -1.06. The van der Waals surface area contributed by atoms with Crippen LogP contribution in [0.15, 0.2) is 30.3 Å². The number of rotatable bonds is 8. The molecule has 1 aromatic carbocycles. The van der Waals surface area contributed by atoms with Crippen molar-refractivity contribution < 1.29 is 9.53 Å². The van der Waals surface area contributed by atoms with Crippen LogP contribution >= 0.6 is 0 Å². The first-order valence-corrected chi connectivity index (χ1v) is 7.78. The molecule has 1 saturated carbocycles. The van der Waals surface area contributed by atoms with Crippen LogP contribution in [0.2, 0.25) is 0 Å². The fourth-order valence-electron chi connectivity index (χ4n) is 2.81. The molecule has 1 aliphatic rings. The van der Waals surface area contributed by atoms with Crippen LogP contribution < -0.4 is 5.73 Å². The summed E-state index contributed by atoms with van der Waals surface area (Å²) in [6.45, 7) is 4.08. The molecule has 0 heterocycles. The van der Waals surface area contributed by atoms with Gasteiger partial charge in [-0.15, -0.1) is 0 Å². The first kappa shape index (κ1) is 16.0. The van der Waals surface area contributed by atoms with Crippen molar-refractivity contribution in [3.8, 4) is 0 Å². The van der Waals surface area contributed by atoms with Crippen LogP contribution in [0.5, 0.6) is 0 Å². The number of hydrogen-bond acceptors (Lipinski definition) is 4. The Kier molecular flexibility index (Phi) is 5.37. The summed E-state index contributed by atoms with van der Waals surface area (Å²) in [7, 11) is 1.40. The van der Waals surface area contributed by atoms with E-state index in [1.807, 2.05) is 30.3 Å². The molecule has 0 bridgehead atoms. The number of benzene rings is 1. The number of nitrogens with two attached hydrogens (primary N) is 1. The van der Waals surface area contributed by atoms with E-state index in [1.165, 1.54) is 20.0 Å². The summed E-state index contributed by atoms with van der Waals surface area (Å²) in [5.41, 5.74) is 6.20. The van der Waals surface area contributed by atoms with E-state index in [1.54, 1.807) is 0 Å². The van der Waals surface area contributed by atoms with Crippen molar-refractivity contribution in [2.45, 2.75) is 44.2 Å². The highest BCUT2D eigenvalue weighted by atomic mass is 16.5. The molecule has 1 atom stereocenters. The molecule has 4 nitrogen and oxygen atoms in total. The lowest BCUT2D eigenvalue weighted by molar-refractivity contribution is -0.148. The average Bonchev–Trinajstić information content (AvgIpc) is 3.36. The molecule has 0 saturated heterocycles. The number of hydrogen-bond donors (Lipinski definition) is 1. The number of methoxy groups -OCH3 is 1. The van der Waals surface area contributed by atoms with Crippen molar-refractivity contribution in [1.82, 2.24) is 4.90 Å². The zero-order valence-electron chi connectivity index (χ0n) is 13.0. The van der Waals surface area contributed by atoms with Gasteiger partial charge in [-0.25, -0.2) is 4.79 Å². The van der Waals surface area contributed by atoms with E-state index < -0.39 is 5.54 Å². The lowest BCUT2D eigenvalue weighted by atomic mass is 9.87. The summed E-state index contributed by atoms with van der Waals surface area (Å²) in [4.78, 5) is 14.7. The minimum absolute atomic E-state index is 0.360. The van der Waals surface area contributed by atoms with Crippen LogP contribution in [-0.2, 0) is 15.1 Å². The molecule has 0 amide bonds. The molecule has 1 aromatic rings. The summed E-state index contributed by atoms with van der Waals surface area (Å²) < 4.78 is 4.96. The Bertz CT molecular complexity index is 459. The Morgan fingerprint density at radius 2 is 2.00 bits per heavy atom. The standard InChI is InChI=1S/C17H26N2O2/c1-3-12-19(15-9-10-15)13-11-17(18,16(20)21-2)14-7-5-4-6-8-14/h4-8,15H,3,9-13,18H2,1-2H3. The fraction of sp³-hybridized carbons (Fsp3) is 0.588. The van der Waals surface area contributed by atoms with Gasteiger partial charge in [-0.2, -0.15) is 0 Å². The molecule has 2 N–H and O–H groups in total. The topological polar surface area (TPSA) is 55.6 Å². The van der Waals surface area contributed by atoms with Gasteiger partial charge in [-0.1, -0.05) is 37.3 Å². The van der Waals surface area contributed by atoms with Gasteiger partial charge >= 0.3 is 5.97 Å². The molecule has 2 rings (SSSR count). The second kappa shape index (κ2) is 7.05. The van der Waals surface area contributed by atoms with E-state index in [0.717, 1.165) is 25.1 Å². The van der Waals surface area contributed by atoms with Gasteiger partial charge in [0, 0.05) is 12.6 Å². The van der Waals surface area contributed by atoms with Gasteiger partial charge in [0.05, 0.1) is 7.11 Å². The van der Waals surface area contributed by atoms with Crippen molar-refractivity contribution >= 4 is 5.97 Å². The summed E-state index contributed by atoms with van der Waals surface area (Å²) in [6, 6.07) is 10.2. The number of carbonyl (C=O) groups is 1. The predicted octanol–water partition coefficient (Wildman–Crippen LogP) is 2.28. The van der Waals surface area contributed by atoms with Crippen LogP contribution in [0.25, 0.3) is 0 Å². The molecule has 0 radical (unpaired) electrons. The Hall–Kier alpha value is -1.39. The van der Waals surface area contributed by atoms with E-state index in [2.05, 4.69) is 11.8 Å². The fourth-order valence-corrected chi connectivity index (χ4v) is 2.81. The highest BCUT2D eigenvalue weighted by Crippen LogP contribution is 2.30. The summed E-state index contributed by atoms with van der Waals surface area (Å²) in [6.07, 6.45) is 4.24. The molecular formula is C17H26N2O2. The van der Waals surface area contributed by atoms with Crippen molar-refractivity contribution in [1.29, 1.82) is 0 Å². The monoisotopic (exact) mass is 290 g/mol. The molecule has 1 fully saturated rings. The van der Waals surface area contributed by atoms with Gasteiger partial charge in [0.15, 0.2) is 0 Å². The zero-order valence-corrected chi connectivity index (χ0v) is 13.0. The van der Waals surface area contributed by atoms with Gasteiger partial charge in [0.25, 0.3) is 0 Å². The molecule has 116 valence electrons. The Balaban J connectivity index is 2.11. The van der Waals surface area contributed by atoms with E-state index in [9.17, 15) is 4.79 Å². The second-order valence-corrected chi connectivity index (χ2v) is 5.85. The molecule has 4 heteroatoms. The van der Waals surface area contributed by atoms with Crippen LogP contribution in [0.3, 0.4) is 0 Å². The van der Waals surface area contributed by atoms with E-state index in [-0.39, 0.29) is 5.97 Å². The van der Waals surface area contributed by atoms with Gasteiger partial charge in [0.1, 0.15) is 5.54 Å². The maximum Gasteiger partial charge on any atom is 0.330 e. The highest BCUT2D eigenvalue weighted by molar-refractivity contribution is 5.82. The molecule has 21 heavy (non-hydrogen) atoms. The maximum atomic E-state index is 12.2. The molecule has 1 unspecified atom stereocenters. The van der Waals surface area contributed by atoms with Crippen molar-refractivity contribution in [3.05, 3.63) is 35.9 Å². The summed E-state index contributed by atoms with van der Waals surface area (Å²) in [5.74, 6) is -0.360. The Morgan fingerprint density at radius 1 is 1.33 bits per heavy atom. The summed E-state index contributed by atoms with van der Waals surface area (Å²) in [5, 5.41) is 0. The molecule has 0 aromatic heterocycles. The molecule has 0 aliphatic heterocycles. The number of esters is 1. The normalized spacial score (nSPS) is 17.5. The molecule has 0 spiro atoms. The van der Waals surface area contributed by atoms with Crippen molar-refractivity contribution in [2.24, 2.45) is 5.73 Å². The average molecular weight is 290 g/mol. The van der Waals surface area contributed by atoms with E-state index >= 15 is 0 Å². The summed E-state index contributed by atoms with van der Waals surface area (Å²) >= 11 is 0. The highest BCUT2D eigenvalue weighted by Gasteiger charge is 2.38. The van der Waals surface area contributed by atoms with Gasteiger partial charge in [0.2, 0.25) is 0 Å².